The molecule has 0 bridgehead atoms. The van der Waals surface area contributed by atoms with E-state index in [0.29, 0.717) is 11.3 Å². The zero-order valence-corrected chi connectivity index (χ0v) is 13.0. The van der Waals surface area contributed by atoms with Gasteiger partial charge in [0, 0.05) is 12.6 Å². The van der Waals surface area contributed by atoms with E-state index in [-0.39, 0.29) is 24.4 Å². The Kier molecular flexibility index (Phi) is 4.99. The predicted octanol–water partition coefficient (Wildman–Crippen LogP) is 2.54. The summed E-state index contributed by atoms with van der Waals surface area (Å²) in [5.74, 6) is 0.289. The molecule has 0 aliphatic rings. The van der Waals surface area contributed by atoms with E-state index < -0.39 is 0 Å². The van der Waals surface area contributed by atoms with Crippen LogP contribution in [-0.2, 0) is 4.79 Å². The first-order valence-corrected chi connectivity index (χ1v) is 7.13. The normalized spacial score (nSPS) is 11.8. The number of carbonyl (C=O) groups is 2. The molecule has 2 aromatic rings. The molecule has 1 N–H and O–H groups in total. The average molecular weight is 300 g/mol. The molecule has 116 valence electrons. The number of likely N-dealkylation sites (N-methyl/N-ethyl adjacent to an activating group) is 1. The van der Waals surface area contributed by atoms with Crippen LogP contribution in [0.25, 0.3) is 0 Å². The molecule has 0 spiro atoms. The van der Waals surface area contributed by atoms with Gasteiger partial charge in [-0.3, -0.25) is 9.59 Å². The van der Waals surface area contributed by atoms with Crippen molar-refractivity contribution in [2.45, 2.75) is 19.9 Å². The van der Waals surface area contributed by atoms with Gasteiger partial charge in [-0.05, 0) is 37.6 Å². The van der Waals surface area contributed by atoms with Crippen molar-refractivity contribution in [3.63, 3.8) is 0 Å². The summed E-state index contributed by atoms with van der Waals surface area (Å²) in [5.41, 5.74) is 1.46. The Hall–Kier alpha value is -2.56. The lowest BCUT2D eigenvalue weighted by atomic mass is 10.1. The zero-order chi connectivity index (χ0) is 16.1. The highest BCUT2D eigenvalue weighted by Gasteiger charge is 2.20. The SMILES string of the molecule is Cc1ccccc1C(=O)NCC(=O)N(C)C(C)c1ccco1. The van der Waals surface area contributed by atoms with Crippen LogP contribution in [0.1, 0.15) is 34.6 Å². The van der Waals surface area contributed by atoms with Crippen molar-refractivity contribution < 1.29 is 14.0 Å². The number of nitrogens with zero attached hydrogens (tertiary/aromatic N) is 1. The van der Waals surface area contributed by atoms with Gasteiger partial charge in [-0.1, -0.05) is 18.2 Å². The molecule has 0 fully saturated rings. The molecule has 2 amide bonds. The fraction of sp³-hybridized carbons (Fsp3) is 0.294. The van der Waals surface area contributed by atoms with Gasteiger partial charge in [0.1, 0.15) is 5.76 Å². The fourth-order valence-electron chi connectivity index (χ4n) is 2.14. The lowest BCUT2D eigenvalue weighted by molar-refractivity contribution is -0.131. The molecule has 0 radical (unpaired) electrons. The van der Waals surface area contributed by atoms with Crippen molar-refractivity contribution in [2.75, 3.05) is 13.6 Å². The Labute approximate surface area is 129 Å². The number of benzene rings is 1. The summed E-state index contributed by atoms with van der Waals surface area (Å²) in [4.78, 5) is 25.8. The van der Waals surface area contributed by atoms with Crippen molar-refractivity contribution in [3.05, 3.63) is 59.5 Å². The fourth-order valence-corrected chi connectivity index (χ4v) is 2.14. The Morgan fingerprint density at radius 2 is 1.95 bits per heavy atom. The minimum absolute atomic E-state index is 0.0469. The smallest absolute Gasteiger partial charge is 0.251 e. The van der Waals surface area contributed by atoms with Gasteiger partial charge in [0.15, 0.2) is 0 Å². The van der Waals surface area contributed by atoms with Gasteiger partial charge in [0.25, 0.3) is 5.91 Å². The van der Waals surface area contributed by atoms with Gasteiger partial charge < -0.3 is 14.6 Å². The Morgan fingerprint density at radius 3 is 2.59 bits per heavy atom. The topological polar surface area (TPSA) is 62.6 Å². The number of carbonyl (C=O) groups excluding carboxylic acids is 2. The van der Waals surface area contributed by atoms with Gasteiger partial charge >= 0.3 is 0 Å². The summed E-state index contributed by atoms with van der Waals surface area (Å²) in [7, 11) is 1.69. The number of furan rings is 1. The minimum atomic E-state index is -0.245. The molecule has 5 nitrogen and oxygen atoms in total. The second kappa shape index (κ2) is 6.93. The first-order valence-electron chi connectivity index (χ1n) is 7.13. The van der Waals surface area contributed by atoms with Crippen LogP contribution >= 0.6 is 0 Å². The summed E-state index contributed by atoms with van der Waals surface area (Å²) in [6, 6.07) is 10.7. The van der Waals surface area contributed by atoms with Crippen LogP contribution in [0.5, 0.6) is 0 Å². The summed E-state index contributed by atoms with van der Waals surface area (Å²) in [5, 5.41) is 2.66. The van der Waals surface area contributed by atoms with Gasteiger partial charge in [0.05, 0.1) is 18.8 Å². The van der Waals surface area contributed by atoms with E-state index in [1.807, 2.05) is 32.0 Å². The zero-order valence-electron chi connectivity index (χ0n) is 13.0. The van der Waals surface area contributed by atoms with Crippen molar-refractivity contribution in [1.82, 2.24) is 10.2 Å². The van der Waals surface area contributed by atoms with Crippen LogP contribution < -0.4 is 5.32 Å². The van der Waals surface area contributed by atoms with Gasteiger partial charge in [0.2, 0.25) is 5.91 Å². The standard InChI is InChI=1S/C17H20N2O3/c1-12-7-4-5-8-14(12)17(21)18-11-16(20)19(3)13(2)15-9-6-10-22-15/h4-10,13H,11H2,1-3H3,(H,18,21). The number of nitrogens with one attached hydrogen (secondary N) is 1. The molecule has 22 heavy (non-hydrogen) atoms. The maximum absolute atomic E-state index is 12.2. The van der Waals surface area contributed by atoms with E-state index in [4.69, 9.17) is 4.42 Å². The van der Waals surface area contributed by atoms with Crippen LogP contribution in [0.4, 0.5) is 0 Å². The lowest BCUT2D eigenvalue weighted by Gasteiger charge is -2.23. The third kappa shape index (κ3) is 3.55. The molecular formula is C17H20N2O3. The molecule has 0 saturated heterocycles. The molecule has 5 heteroatoms. The van der Waals surface area contributed by atoms with E-state index in [0.717, 1.165) is 5.56 Å². The van der Waals surface area contributed by atoms with Crippen LogP contribution in [0.15, 0.2) is 47.1 Å². The molecule has 1 aromatic heterocycles. The summed E-state index contributed by atoms with van der Waals surface area (Å²) in [6.45, 7) is 3.69. The number of aryl methyl sites for hydroxylation is 1. The number of amides is 2. The van der Waals surface area contributed by atoms with Crippen LogP contribution in [0.2, 0.25) is 0 Å². The van der Waals surface area contributed by atoms with E-state index in [9.17, 15) is 9.59 Å². The van der Waals surface area contributed by atoms with Crippen LogP contribution in [0.3, 0.4) is 0 Å². The highest BCUT2D eigenvalue weighted by atomic mass is 16.3. The number of hydrogen-bond acceptors (Lipinski definition) is 3. The second-order valence-corrected chi connectivity index (χ2v) is 5.19. The maximum Gasteiger partial charge on any atom is 0.251 e. The van der Waals surface area contributed by atoms with Gasteiger partial charge in [-0.2, -0.15) is 0 Å². The molecule has 1 aromatic carbocycles. The molecule has 1 atom stereocenters. The van der Waals surface area contributed by atoms with Crippen molar-refractivity contribution in [2.24, 2.45) is 0 Å². The molecule has 0 saturated carbocycles. The van der Waals surface area contributed by atoms with E-state index in [1.165, 1.54) is 0 Å². The van der Waals surface area contributed by atoms with E-state index >= 15 is 0 Å². The van der Waals surface area contributed by atoms with Crippen LogP contribution in [-0.4, -0.2) is 30.3 Å². The Balaban J connectivity index is 1.92. The quantitative estimate of drug-likeness (QED) is 0.923. The first-order chi connectivity index (χ1) is 10.5. The maximum atomic E-state index is 12.2. The van der Waals surface area contributed by atoms with Crippen molar-refractivity contribution >= 4 is 11.8 Å². The molecule has 0 aliphatic carbocycles. The summed E-state index contributed by atoms with van der Waals surface area (Å²) < 4.78 is 5.30. The average Bonchev–Trinajstić information content (AvgIpc) is 3.05. The molecule has 2 rings (SSSR count). The molecular weight excluding hydrogens is 280 g/mol. The Bertz CT molecular complexity index is 650. The summed E-state index contributed by atoms with van der Waals surface area (Å²) in [6.07, 6.45) is 1.57. The molecule has 1 heterocycles. The van der Waals surface area contributed by atoms with E-state index in [2.05, 4.69) is 5.32 Å². The minimum Gasteiger partial charge on any atom is -0.467 e. The molecule has 0 aliphatic heterocycles. The first kappa shape index (κ1) is 15.8. The third-order valence-corrected chi connectivity index (χ3v) is 3.72. The third-order valence-electron chi connectivity index (χ3n) is 3.72. The second-order valence-electron chi connectivity index (χ2n) is 5.19. The Morgan fingerprint density at radius 1 is 1.23 bits per heavy atom. The largest absolute Gasteiger partial charge is 0.467 e. The lowest BCUT2D eigenvalue weighted by Crippen LogP contribution is -2.39. The predicted molar refractivity (Wildman–Crippen MR) is 83.4 cm³/mol. The van der Waals surface area contributed by atoms with Crippen molar-refractivity contribution in [3.8, 4) is 0 Å². The highest BCUT2D eigenvalue weighted by Crippen LogP contribution is 2.18. The van der Waals surface area contributed by atoms with Gasteiger partial charge in [-0.15, -0.1) is 0 Å². The monoisotopic (exact) mass is 300 g/mol. The number of rotatable bonds is 5. The molecule has 1 unspecified atom stereocenters. The van der Waals surface area contributed by atoms with Crippen LogP contribution in [0, 0.1) is 6.92 Å². The van der Waals surface area contributed by atoms with Crippen molar-refractivity contribution in [1.29, 1.82) is 0 Å². The van der Waals surface area contributed by atoms with Gasteiger partial charge in [-0.25, -0.2) is 0 Å². The van der Waals surface area contributed by atoms with E-state index in [1.54, 1.807) is 36.4 Å². The summed E-state index contributed by atoms with van der Waals surface area (Å²) >= 11 is 0. The number of hydrogen-bond donors (Lipinski definition) is 1. The highest BCUT2D eigenvalue weighted by molar-refractivity contribution is 5.97.